The minimum atomic E-state index is -0.624. The monoisotopic (exact) mass is 371 g/mol. The van der Waals surface area contributed by atoms with Gasteiger partial charge in [0.15, 0.2) is 0 Å². The number of hydrogen-bond acceptors (Lipinski definition) is 3. The minimum absolute atomic E-state index is 0.0786. The second-order valence-corrected chi connectivity index (χ2v) is 5.78. The summed E-state index contributed by atoms with van der Waals surface area (Å²) in [4.78, 5) is 23.3. The Morgan fingerprint density at radius 1 is 0.957 bits per heavy atom. The summed E-state index contributed by atoms with van der Waals surface area (Å²) in [5, 5.41) is 6.43. The molecule has 0 unspecified atom stereocenters. The topological polar surface area (TPSA) is 84.2 Å². The first-order chi connectivity index (χ1) is 10.9. The number of primary amides is 1. The number of benzene rings is 2. The lowest BCUT2D eigenvalue weighted by molar-refractivity contribution is -0.114. The van der Waals surface area contributed by atoms with Gasteiger partial charge in [0, 0.05) is 0 Å². The number of amides is 2. The van der Waals surface area contributed by atoms with Gasteiger partial charge >= 0.3 is 0 Å². The van der Waals surface area contributed by atoms with E-state index in [9.17, 15) is 9.59 Å². The van der Waals surface area contributed by atoms with Gasteiger partial charge in [-0.2, -0.15) is 0 Å². The van der Waals surface area contributed by atoms with Gasteiger partial charge in [-0.15, -0.1) is 0 Å². The summed E-state index contributed by atoms with van der Waals surface area (Å²) in [5.41, 5.74) is 6.30. The molecule has 0 fully saturated rings. The molecule has 2 amide bonds. The number of nitrogens with two attached hydrogens (primary N) is 1. The Labute approximate surface area is 147 Å². The van der Waals surface area contributed by atoms with Gasteiger partial charge in [-0.1, -0.05) is 46.9 Å². The van der Waals surface area contributed by atoms with Crippen molar-refractivity contribution in [1.82, 2.24) is 0 Å². The van der Waals surface area contributed by atoms with E-state index in [1.54, 1.807) is 18.2 Å². The molecule has 0 saturated carbocycles. The van der Waals surface area contributed by atoms with Gasteiger partial charge in [-0.05, 0) is 24.3 Å². The number of hydrogen-bond donors (Lipinski definition) is 3. The van der Waals surface area contributed by atoms with Gasteiger partial charge in [0.2, 0.25) is 5.91 Å². The third-order valence-electron chi connectivity index (χ3n) is 2.92. The van der Waals surface area contributed by atoms with Crippen LogP contribution in [0.15, 0.2) is 36.4 Å². The van der Waals surface area contributed by atoms with Crippen LogP contribution in [-0.2, 0) is 4.79 Å². The number of rotatable bonds is 5. The number of halogens is 3. The summed E-state index contributed by atoms with van der Waals surface area (Å²) in [6, 6.07) is 9.46. The van der Waals surface area contributed by atoms with Crippen LogP contribution >= 0.6 is 34.8 Å². The van der Waals surface area contributed by atoms with Gasteiger partial charge in [0.1, 0.15) is 0 Å². The number of carbonyl (C=O) groups is 2. The Kier molecular flexibility index (Phi) is 5.71. The average Bonchev–Trinajstić information content (AvgIpc) is 2.50. The molecule has 0 radical (unpaired) electrons. The third kappa shape index (κ3) is 4.51. The SMILES string of the molecule is NC(=O)c1ccccc1NC(=O)CNc1cc(Cl)c(Cl)cc1Cl. The average molecular weight is 373 g/mol. The molecule has 5 nitrogen and oxygen atoms in total. The highest BCUT2D eigenvalue weighted by Gasteiger charge is 2.11. The van der Waals surface area contributed by atoms with Crippen LogP contribution in [0.2, 0.25) is 15.1 Å². The molecule has 2 rings (SSSR count). The van der Waals surface area contributed by atoms with Crippen LogP contribution in [0, 0.1) is 0 Å². The van der Waals surface area contributed by atoms with E-state index in [4.69, 9.17) is 40.5 Å². The highest BCUT2D eigenvalue weighted by molar-refractivity contribution is 6.44. The predicted octanol–water partition coefficient (Wildman–Crippen LogP) is 3.80. The van der Waals surface area contributed by atoms with E-state index in [0.717, 1.165) is 0 Å². The molecule has 0 aliphatic heterocycles. The van der Waals surface area contributed by atoms with E-state index in [-0.39, 0.29) is 18.0 Å². The fraction of sp³-hybridized carbons (Fsp3) is 0.0667. The van der Waals surface area contributed by atoms with Crippen molar-refractivity contribution >= 4 is 58.0 Å². The van der Waals surface area contributed by atoms with Crippen LogP contribution in [0.4, 0.5) is 11.4 Å². The van der Waals surface area contributed by atoms with E-state index >= 15 is 0 Å². The highest BCUT2D eigenvalue weighted by Crippen LogP contribution is 2.32. The first kappa shape index (κ1) is 17.4. The van der Waals surface area contributed by atoms with E-state index < -0.39 is 5.91 Å². The molecule has 0 spiro atoms. The van der Waals surface area contributed by atoms with Crippen molar-refractivity contribution in [2.75, 3.05) is 17.2 Å². The van der Waals surface area contributed by atoms with Crippen molar-refractivity contribution in [3.8, 4) is 0 Å². The lowest BCUT2D eigenvalue weighted by atomic mass is 10.1. The summed E-state index contributed by atoms with van der Waals surface area (Å²) in [5.74, 6) is -0.998. The molecule has 0 aliphatic carbocycles. The first-order valence-corrected chi connectivity index (χ1v) is 7.59. The maximum absolute atomic E-state index is 12.0. The summed E-state index contributed by atoms with van der Waals surface area (Å²) < 4.78 is 0. The van der Waals surface area contributed by atoms with E-state index in [1.807, 2.05) is 0 Å². The van der Waals surface area contributed by atoms with Crippen molar-refractivity contribution in [1.29, 1.82) is 0 Å². The van der Waals surface area contributed by atoms with Gasteiger partial charge in [-0.25, -0.2) is 0 Å². The first-order valence-electron chi connectivity index (χ1n) is 6.45. The van der Waals surface area contributed by atoms with Crippen LogP contribution < -0.4 is 16.4 Å². The Morgan fingerprint density at radius 2 is 1.61 bits per heavy atom. The molecule has 23 heavy (non-hydrogen) atoms. The van der Waals surface area contributed by atoms with Gasteiger partial charge in [0.25, 0.3) is 5.91 Å². The molecule has 0 atom stereocenters. The Morgan fingerprint density at radius 3 is 2.30 bits per heavy atom. The summed E-state index contributed by atoms with van der Waals surface area (Å²) in [6.45, 7) is -0.0786. The minimum Gasteiger partial charge on any atom is -0.375 e. The smallest absolute Gasteiger partial charge is 0.250 e. The quantitative estimate of drug-likeness (QED) is 0.698. The van der Waals surface area contributed by atoms with Crippen LogP contribution in [0.5, 0.6) is 0 Å². The van der Waals surface area contributed by atoms with Crippen LogP contribution in [0.25, 0.3) is 0 Å². The van der Waals surface area contributed by atoms with Crippen LogP contribution in [0.1, 0.15) is 10.4 Å². The molecule has 4 N–H and O–H groups in total. The van der Waals surface area contributed by atoms with Crippen molar-refractivity contribution in [3.63, 3.8) is 0 Å². The molecule has 2 aromatic carbocycles. The van der Waals surface area contributed by atoms with E-state index in [2.05, 4.69) is 10.6 Å². The molecular weight excluding hydrogens is 361 g/mol. The summed E-state index contributed by atoms with van der Waals surface area (Å²) >= 11 is 17.8. The lowest BCUT2D eigenvalue weighted by Gasteiger charge is -2.11. The molecular formula is C15H12Cl3N3O2. The zero-order valence-corrected chi connectivity index (χ0v) is 14.0. The Hall–Kier alpha value is -1.95. The van der Waals surface area contributed by atoms with Crippen molar-refractivity contribution in [3.05, 3.63) is 57.0 Å². The zero-order valence-electron chi connectivity index (χ0n) is 11.7. The highest BCUT2D eigenvalue weighted by atomic mass is 35.5. The second kappa shape index (κ2) is 7.55. The molecule has 8 heteroatoms. The molecule has 0 aromatic heterocycles. The van der Waals surface area contributed by atoms with Crippen LogP contribution in [0.3, 0.4) is 0 Å². The fourth-order valence-electron chi connectivity index (χ4n) is 1.83. The molecule has 0 saturated heterocycles. The standard InChI is InChI=1S/C15H12Cl3N3O2/c16-9-5-11(18)13(6-10(9)17)20-7-14(22)21-12-4-2-1-3-8(12)15(19)23/h1-6,20H,7H2,(H2,19,23)(H,21,22). The van der Waals surface area contributed by atoms with Gasteiger partial charge in [-0.3, -0.25) is 9.59 Å². The van der Waals surface area contributed by atoms with E-state index in [0.29, 0.717) is 26.4 Å². The molecule has 0 heterocycles. The summed E-state index contributed by atoms with van der Waals surface area (Å²) in [6.07, 6.45) is 0. The largest absolute Gasteiger partial charge is 0.375 e. The molecule has 0 aliphatic rings. The molecule has 0 bridgehead atoms. The number of carbonyl (C=O) groups excluding carboxylic acids is 2. The number of para-hydroxylation sites is 1. The van der Waals surface area contributed by atoms with E-state index in [1.165, 1.54) is 18.2 Å². The predicted molar refractivity (Wildman–Crippen MR) is 93.6 cm³/mol. The fourth-order valence-corrected chi connectivity index (χ4v) is 2.45. The van der Waals surface area contributed by atoms with Crippen LogP contribution in [-0.4, -0.2) is 18.4 Å². The maximum atomic E-state index is 12.0. The Bertz CT molecular complexity index is 766. The normalized spacial score (nSPS) is 10.2. The lowest BCUT2D eigenvalue weighted by Crippen LogP contribution is -2.24. The van der Waals surface area contributed by atoms with Gasteiger partial charge in [0.05, 0.1) is 38.6 Å². The number of nitrogens with one attached hydrogen (secondary N) is 2. The maximum Gasteiger partial charge on any atom is 0.250 e. The second-order valence-electron chi connectivity index (χ2n) is 4.56. The van der Waals surface area contributed by atoms with Crippen molar-refractivity contribution < 1.29 is 9.59 Å². The van der Waals surface area contributed by atoms with Crippen molar-refractivity contribution in [2.24, 2.45) is 5.73 Å². The molecule has 120 valence electrons. The summed E-state index contributed by atoms with van der Waals surface area (Å²) in [7, 11) is 0. The Balaban J connectivity index is 2.04. The van der Waals surface area contributed by atoms with Gasteiger partial charge < -0.3 is 16.4 Å². The zero-order chi connectivity index (χ0) is 17.0. The number of anilines is 2. The third-order valence-corrected chi connectivity index (χ3v) is 3.95. The molecule has 2 aromatic rings. The van der Waals surface area contributed by atoms with Crippen molar-refractivity contribution in [2.45, 2.75) is 0 Å².